The van der Waals surface area contributed by atoms with E-state index in [9.17, 15) is 0 Å². The number of aromatic nitrogens is 7. The smallest absolute Gasteiger partial charge is 0.226 e. The summed E-state index contributed by atoms with van der Waals surface area (Å²) >= 11 is 0. The maximum atomic E-state index is 5.58. The minimum absolute atomic E-state index is 0.222. The van der Waals surface area contributed by atoms with E-state index < -0.39 is 0 Å². The van der Waals surface area contributed by atoms with Crippen LogP contribution in [-0.2, 0) is 0 Å². The second kappa shape index (κ2) is 1.91. The molecule has 0 spiro atoms. The van der Waals surface area contributed by atoms with Crippen LogP contribution >= 0.6 is 0 Å². The molecular formula is C5H4N8. The molecule has 13 heavy (non-hydrogen) atoms. The predicted octanol–water partition coefficient (Wildman–Crippen LogP) is -1.02. The van der Waals surface area contributed by atoms with Gasteiger partial charge in [0.05, 0.1) is 6.33 Å². The van der Waals surface area contributed by atoms with Crippen molar-refractivity contribution in [3.63, 3.8) is 0 Å². The average molecular weight is 176 g/mol. The molecule has 3 aromatic heterocycles. The number of nitrogens with two attached hydrogens (primary N) is 1. The van der Waals surface area contributed by atoms with Gasteiger partial charge in [-0.25, -0.2) is 4.98 Å². The number of rotatable bonds is 0. The molecular weight excluding hydrogens is 172 g/mol. The van der Waals surface area contributed by atoms with Crippen LogP contribution < -0.4 is 5.73 Å². The molecule has 0 amide bonds. The van der Waals surface area contributed by atoms with Gasteiger partial charge in [-0.3, -0.25) is 0 Å². The third-order valence-corrected chi connectivity index (χ3v) is 1.75. The number of nitrogen functional groups attached to an aromatic ring is 1. The number of hydrogen-bond acceptors (Lipinski definition) is 6. The molecule has 3 N–H and O–H groups in total. The largest absolute Gasteiger partial charge is 0.368 e. The van der Waals surface area contributed by atoms with Crippen LogP contribution in [0.1, 0.15) is 0 Å². The number of imidazole rings is 1. The van der Waals surface area contributed by atoms with E-state index in [0.717, 1.165) is 0 Å². The Hall–Kier alpha value is -2.25. The fraction of sp³-hybridized carbons (Fsp3) is 0. The Morgan fingerprint density at radius 3 is 3.31 bits per heavy atom. The first-order valence-corrected chi connectivity index (χ1v) is 3.53. The first-order valence-electron chi connectivity index (χ1n) is 3.53. The van der Waals surface area contributed by atoms with Gasteiger partial charge in [-0.2, -0.15) is 9.50 Å². The molecule has 0 saturated carbocycles. The number of nitrogens with one attached hydrogen (secondary N) is 1. The molecule has 0 bridgehead atoms. The molecule has 3 heterocycles. The average Bonchev–Trinajstić information content (AvgIpc) is 2.66. The molecule has 64 valence electrons. The van der Waals surface area contributed by atoms with Crippen LogP contribution in [0.25, 0.3) is 16.8 Å². The summed E-state index contributed by atoms with van der Waals surface area (Å²) in [4.78, 5) is 10.8. The summed E-state index contributed by atoms with van der Waals surface area (Å²) in [5, 5.41) is 10.9. The molecule has 0 aliphatic heterocycles. The Labute approximate surface area is 70.8 Å². The number of H-pyrrole nitrogens is 1. The predicted molar refractivity (Wildman–Crippen MR) is 42.6 cm³/mol. The molecule has 0 aliphatic rings. The minimum atomic E-state index is 0.222. The van der Waals surface area contributed by atoms with Crippen LogP contribution in [0.2, 0.25) is 0 Å². The van der Waals surface area contributed by atoms with E-state index in [2.05, 4.69) is 30.5 Å². The van der Waals surface area contributed by atoms with Crippen molar-refractivity contribution in [2.75, 3.05) is 5.73 Å². The number of fused-ring (bicyclic) bond motifs is 3. The van der Waals surface area contributed by atoms with Gasteiger partial charge >= 0.3 is 0 Å². The third-order valence-electron chi connectivity index (χ3n) is 1.75. The zero-order valence-corrected chi connectivity index (χ0v) is 6.34. The summed E-state index contributed by atoms with van der Waals surface area (Å²) in [5.74, 6) is 0.222. The molecule has 3 rings (SSSR count). The fourth-order valence-electron chi connectivity index (χ4n) is 1.19. The Morgan fingerprint density at radius 1 is 1.46 bits per heavy atom. The van der Waals surface area contributed by atoms with E-state index in [-0.39, 0.29) is 5.95 Å². The van der Waals surface area contributed by atoms with Crippen LogP contribution in [-0.4, -0.2) is 35.0 Å². The van der Waals surface area contributed by atoms with Crippen LogP contribution in [0, 0.1) is 0 Å². The molecule has 8 nitrogen and oxygen atoms in total. The lowest BCUT2D eigenvalue weighted by Crippen LogP contribution is -2.02. The summed E-state index contributed by atoms with van der Waals surface area (Å²) in [6.45, 7) is 0. The van der Waals surface area contributed by atoms with Crippen LogP contribution in [0.5, 0.6) is 0 Å². The first-order chi connectivity index (χ1) is 6.36. The Balaban J connectivity index is 2.70. The van der Waals surface area contributed by atoms with E-state index in [1.54, 1.807) is 0 Å². The van der Waals surface area contributed by atoms with E-state index in [1.165, 1.54) is 10.8 Å². The fourth-order valence-corrected chi connectivity index (χ4v) is 1.19. The molecule has 0 atom stereocenters. The summed E-state index contributed by atoms with van der Waals surface area (Å²) in [6, 6.07) is 0. The number of anilines is 1. The molecule has 3 aromatic rings. The highest BCUT2D eigenvalue weighted by molar-refractivity contribution is 5.85. The number of nitrogens with zero attached hydrogens (tertiary/aromatic N) is 6. The lowest BCUT2D eigenvalue weighted by Gasteiger charge is -1.94. The van der Waals surface area contributed by atoms with E-state index in [0.29, 0.717) is 16.8 Å². The minimum Gasteiger partial charge on any atom is -0.368 e. The van der Waals surface area contributed by atoms with Crippen molar-refractivity contribution in [3.8, 4) is 0 Å². The van der Waals surface area contributed by atoms with Crippen molar-refractivity contribution < 1.29 is 0 Å². The molecule has 0 aliphatic carbocycles. The van der Waals surface area contributed by atoms with Crippen molar-refractivity contribution in [3.05, 3.63) is 6.33 Å². The Kier molecular flexibility index (Phi) is 0.925. The van der Waals surface area contributed by atoms with Crippen molar-refractivity contribution in [1.82, 2.24) is 35.0 Å². The Bertz CT molecular complexity index is 576. The molecule has 0 fully saturated rings. The lowest BCUT2D eigenvalue weighted by atomic mass is 10.5. The normalized spacial score (nSPS) is 11.4. The van der Waals surface area contributed by atoms with Gasteiger partial charge in [0.2, 0.25) is 11.6 Å². The standard InChI is InChI=1S/C5H4N8/c6-5-9-3-2(7-1-8-3)4-10-11-12-13(4)5/h1H,(H2,6,9)(H,7,8). The van der Waals surface area contributed by atoms with Crippen LogP contribution in [0.15, 0.2) is 6.33 Å². The monoisotopic (exact) mass is 176 g/mol. The van der Waals surface area contributed by atoms with E-state index in [1.807, 2.05) is 0 Å². The van der Waals surface area contributed by atoms with Crippen molar-refractivity contribution in [2.24, 2.45) is 0 Å². The summed E-state index contributed by atoms with van der Waals surface area (Å²) in [7, 11) is 0. The molecule has 0 aromatic carbocycles. The summed E-state index contributed by atoms with van der Waals surface area (Å²) in [5.41, 5.74) is 7.30. The van der Waals surface area contributed by atoms with Gasteiger partial charge < -0.3 is 10.7 Å². The van der Waals surface area contributed by atoms with Crippen LogP contribution in [0.3, 0.4) is 0 Å². The van der Waals surface area contributed by atoms with Gasteiger partial charge in [-0.15, -0.1) is 5.10 Å². The highest BCUT2D eigenvalue weighted by atomic mass is 15.5. The third kappa shape index (κ3) is 0.662. The number of tetrazole rings is 1. The summed E-state index contributed by atoms with van der Waals surface area (Å²) in [6.07, 6.45) is 1.52. The Morgan fingerprint density at radius 2 is 2.38 bits per heavy atom. The lowest BCUT2D eigenvalue weighted by molar-refractivity contribution is 0.821. The molecule has 0 radical (unpaired) electrons. The second-order valence-corrected chi connectivity index (χ2v) is 2.49. The van der Waals surface area contributed by atoms with Gasteiger partial charge in [-0.1, -0.05) is 0 Å². The molecule has 0 saturated heterocycles. The topological polar surface area (TPSA) is 111 Å². The summed E-state index contributed by atoms with van der Waals surface area (Å²) < 4.78 is 1.35. The van der Waals surface area contributed by atoms with Crippen molar-refractivity contribution in [1.29, 1.82) is 0 Å². The van der Waals surface area contributed by atoms with Gasteiger partial charge in [0.15, 0.2) is 5.65 Å². The first kappa shape index (κ1) is 6.29. The molecule has 0 unspecified atom stereocenters. The van der Waals surface area contributed by atoms with Crippen LogP contribution in [0.4, 0.5) is 5.95 Å². The zero-order valence-electron chi connectivity index (χ0n) is 6.34. The number of aromatic amines is 1. The van der Waals surface area contributed by atoms with Gasteiger partial charge in [0.25, 0.3) is 0 Å². The molecule has 8 heteroatoms. The van der Waals surface area contributed by atoms with Crippen molar-refractivity contribution >= 4 is 22.8 Å². The maximum absolute atomic E-state index is 5.58. The number of hydrogen-bond donors (Lipinski definition) is 2. The van der Waals surface area contributed by atoms with Gasteiger partial charge in [-0.05, 0) is 10.4 Å². The quantitative estimate of drug-likeness (QED) is 0.453. The second-order valence-electron chi connectivity index (χ2n) is 2.49. The zero-order chi connectivity index (χ0) is 8.84. The van der Waals surface area contributed by atoms with Crippen molar-refractivity contribution in [2.45, 2.75) is 0 Å². The van der Waals surface area contributed by atoms with Gasteiger partial charge in [0, 0.05) is 0 Å². The highest BCUT2D eigenvalue weighted by Gasteiger charge is 2.09. The van der Waals surface area contributed by atoms with Gasteiger partial charge in [0.1, 0.15) is 5.52 Å². The highest BCUT2D eigenvalue weighted by Crippen LogP contribution is 2.12. The van der Waals surface area contributed by atoms with E-state index in [4.69, 9.17) is 5.73 Å². The SMILES string of the molecule is Nc1nc2nc[nH]c2c2nnnn12. The van der Waals surface area contributed by atoms with E-state index >= 15 is 0 Å². The maximum Gasteiger partial charge on any atom is 0.226 e.